The minimum Gasteiger partial charge on any atom is -0.383 e. The highest BCUT2D eigenvalue weighted by atomic mass is 32.2. The average molecular weight is 225 g/mol. The fourth-order valence-electron chi connectivity index (χ4n) is 1.35. The summed E-state index contributed by atoms with van der Waals surface area (Å²) in [5, 5.41) is 0. The molecular weight excluding hydrogens is 206 g/mol. The first-order chi connectivity index (χ1) is 7.33. The second-order valence-electron chi connectivity index (χ2n) is 3.52. The zero-order valence-electron chi connectivity index (χ0n) is 9.19. The topological polar surface area (TPSA) is 35.2 Å². The Hall–Kier alpha value is -0.510. The Balaban J connectivity index is 2.07. The van der Waals surface area contributed by atoms with Gasteiger partial charge in [-0.3, -0.25) is 0 Å². The molecule has 15 heavy (non-hydrogen) atoms. The highest BCUT2D eigenvalue weighted by Gasteiger charge is 2.01. The van der Waals surface area contributed by atoms with Crippen LogP contribution >= 0.6 is 11.8 Å². The van der Waals surface area contributed by atoms with Crippen molar-refractivity contribution in [3.8, 4) is 0 Å². The lowest BCUT2D eigenvalue weighted by molar-refractivity contribution is 0.177. The molecule has 0 spiro atoms. The van der Waals surface area contributed by atoms with Gasteiger partial charge < -0.3 is 10.5 Å². The van der Waals surface area contributed by atoms with Gasteiger partial charge in [0, 0.05) is 18.0 Å². The van der Waals surface area contributed by atoms with E-state index in [4.69, 9.17) is 10.5 Å². The smallest absolute Gasteiger partial charge is 0.0613 e. The van der Waals surface area contributed by atoms with Crippen LogP contribution in [0.2, 0.25) is 0 Å². The van der Waals surface area contributed by atoms with Crippen molar-refractivity contribution >= 4 is 11.8 Å². The van der Waals surface area contributed by atoms with Gasteiger partial charge in [0.05, 0.1) is 6.61 Å². The summed E-state index contributed by atoms with van der Waals surface area (Å²) in [5.41, 5.74) is 5.83. The lowest BCUT2D eigenvalue weighted by Crippen LogP contribution is -2.25. The minimum absolute atomic E-state index is 0.186. The van der Waals surface area contributed by atoms with Gasteiger partial charge in [0.25, 0.3) is 0 Å². The number of nitrogens with two attached hydrogens (primary N) is 1. The summed E-state index contributed by atoms with van der Waals surface area (Å²) < 4.78 is 4.99. The summed E-state index contributed by atoms with van der Waals surface area (Å²) >= 11 is 1.88. The molecule has 0 aliphatic carbocycles. The van der Waals surface area contributed by atoms with Crippen molar-refractivity contribution in [2.45, 2.75) is 23.8 Å². The number of ether oxygens (including phenoxy) is 1. The van der Waals surface area contributed by atoms with Gasteiger partial charge in [-0.25, -0.2) is 0 Å². The van der Waals surface area contributed by atoms with E-state index in [-0.39, 0.29) is 6.04 Å². The number of thioether (sulfide) groups is 1. The summed E-state index contributed by atoms with van der Waals surface area (Å²) in [6.07, 6.45) is 2.18. The van der Waals surface area contributed by atoms with Crippen molar-refractivity contribution in [1.29, 1.82) is 0 Å². The third-order valence-electron chi connectivity index (χ3n) is 2.11. The molecule has 3 heteroatoms. The molecule has 84 valence electrons. The molecule has 1 atom stereocenters. The van der Waals surface area contributed by atoms with Crippen LogP contribution in [0.4, 0.5) is 0 Å². The average Bonchev–Trinajstić information content (AvgIpc) is 2.26. The van der Waals surface area contributed by atoms with E-state index >= 15 is 0 Å². The van der Waals surface area contributed by atoms with Gasteiger partial charge in [0.2, 0.25) is 0 Å². The molecule has 1 rings (SSSR count). The standard InChI is InChI=1S/C12H19NOS/c1-14-10-11(13)6-5-9-15-12-7-3-2-4-8-12/h2-4,7-8,11H,5-6,9-10,13H2,1H3. The van der Waals surface area contributed by atoms with Gasteiger partial charge in [0.1, 0.15) is 0 Å². The first-order valence-corrected chi connectivity index (χ1v) is 6.24. The highest BCUT2D eigenvalue weighted by Crippen LogP contribution is 2.18. The zero-order valence-corrected chi connectivity index (χ0v) is 10.0. The quantitative estimate of drug-likeness (QED) is 0.572. The SMILES string of the molecule is COCC(N)CCCSc1ccccc1. The fraction of sp³-hybridized carbons (Fsp3) is 0.500. The van der Waals surface area contributed by atoms with Gasteiger partial charge in [-0.05, 0) is 30.7 Å². The Morgan fingerprint density at radius 2 is 2.07 bits per heavy atom. The van der Waals surface area contributed by atoms with E-state index in [1.807, 2.05) is 17.8 Å². The summed E-state index contributed by atoms with van der Waals surface area (Å²) in [6.45, 7) is 0.663. The predicted octanol–water partition coefficient (Wildman–Crippen LogP) is 2.53. The van der Waals surface area contributed by atoms with Crippen LogP contribution in [0.15, 0.2) is 35.2 Å². The van der Waals surface area contributed by atoms with E-state index in [1.165, 1.54) is 4.90 Å². The summed E-state index contributed by atoms with van der Waals surface area (Å²) in [5.74, 6) is 1.13. The van der Waals surface area contributed by atoms with Crippen LogP contribution in [-0.2, 0) is 4.74 Å². The second-order valence-corrected chi connectivity index (χ2v) is 4.69. The lowest BCUT2D eigenvalue weighted by atomic mass is 10.2. The summed E-state index contributed by atoms with van der Waals surface area (Å²) in [4.78, 5) is 1.33. The molecule has 0 fully saturated rings. The van der Waals surface area contributed by atoms with Gasteiger partial charge in [-0.2, -0.15) is 0 Å². The summed E-state index contributed by atoms with van der Waals surface area (Å²) in [6, 6.07) is 10.6. The maximum absolute atomic E-state index is 5.83. The van der Waals surface area contributed by atoms with Crippen molar-refractivity contribution in [3.05, 3.63) is 30.3 Å². The molecule has 2 nitrogen and oxygen atoms in total. The molecule has 0 aromatic heterocycles. The molecule has 1 aromatic rings. The molecule has 0 heterocycles. The zero-order chi connectivity index (χ0) is 10.9. The molecular formula is C12H19NOS. The van der Waals surface area contributed by atoms with Crippen LogP contribution in [0.5, 0.6) is 0 Å². The van der Waals surface area contributed by atoms with E-state index in [0.717, 1.165) is 18.6 Å². The molecule has 2 N–H and O–H groups in total. The van der Waals surface area contributed by atoms with Crippen LogP contribution in [0.3, 0.4) is 0 Å². The molecule has 1 aromatic carbocycles. The van der Waals surface area contributed by atoms with Crippen LogP contribution in [0.25, 0.3) is 0 Å². The normalized spacial score (nSPS) is 12.7. The van der Waals surface area contributed by atoms with Crippen LogP contribution < -0.4 is 5.73 Å². The maximum Gasteiger partial charge on any atom is 0.0613 e. The van der Waals surface area contributed by atoms with E-state index in [0.29, 0.717) is 6.61 Å². The molecule has 0 saturated heterocycles. The predicted molar refractivity (Wildman–Crippen MR) is 66.3 cm³/mol. The van der Waals surface area contributed by atoms with Crippen molar-refractivity contribution in [2.75, 3.05) is 19.5 Å². The van der Waals surface area contributed by atoms with Crippen molar-refractivity contribution in [2.24, 2.45) is 5.73 Å². The Kier molecular flexibility index (Phi) is 6.48. The summed E-state index contributed by atoms with van der Waals surface area (Å²) in [7, 11) is 1.69. The minimum atomic E-state index is 0.186. The Bertz CT molecular complexity index is 253. The number of benzene rings is 1. The van der Waals surface area contributed by atoms with Gasteiger partial charge in [-0.1, -0.05) is 18.2 Å². The van der Waals surface area contributed by atoms with Crippen LogP contribution in [0, 0.1) is 0 Å². The third-order valence-corrected chi connectivity index (χ3v) is 3.21. The Morgan fingerprint density at radius 3 is 2.73 bits per heavy atom. The monoisotopic (exact) mass is 225 g/mol. The largest absolute Gasteiger partial charge is 0.383 e. The molecule has 0 radical (unpaired) electrons. The first kappa shape index (κ1) is 12.6. The number of hydrogen-bond donors (Lipinski definition) is 1. The first-order valence-electron chi connectivity index (χ1n) is 5.25. The van der Waals surface area contributed by atoms with Crippen LogP contribution in [0.1, 0.15) is 12.8 Å². The molecule has 1 unspecified atom stereocenters. The van der Waals surface area contributed by atoms with Gasteiger partial charge in [-0.15, -0.1) is 11.8 Å². The number of rotatable bonds is 7. The molecule has 0 saturated carbocycles. The molecule has 0 amide bonds. The van der Waals surface area contributed by atoms with Crippen molar-refractivity contribution in [3.63, 3.8) is 0 Å². The van der Waals surface area contributed by atoms with E-state index in [2.05, 4.69) is 24.3 Å². The molecule has 0 bridgehead atoms. The van der Waals surface area contributed by atoms with Crippen LogP contribution in [-0.4, -0.2) is 25.5 Å². The second kappa shape index (κ2) is 7.74. The third kappa shape index (κ3) is 5.82. The van der Waals surface area contributed by atoms with Crippen molar-refractivity contribution in [1.82, 2.24) is 0 Å². The van der Waals surface area contributed by atoms with E-state index in [1.54, 1.807) is 7.11 Å². The van der Waals surface area contributed by atoms with E-state index < -0.39 is 0 Å². The highest BCUT2D eigenvalue weighted by molar-refractivity contribution is 7.99. The van der Waals surface area contributed by atoms with Gasteiger partial charge >= 0.3 is 0 Å². The Morgan fingerprint density at radius 1 is 1.33 bits per heavy atom. The van der Waals surface area contributed by atoms with Crippen molar-refractivity contribution < 1.29 is 4.74 Å². The fourth-order valence-corrected chi connectivity index (χ4v) is 2.25. The number of methoxy groups -OCH3 is 1. The maximum atomic E-state index is 5.83. The molecule has 0 aliphatic heterocycles. The van der Waals surface area contributed by atoms with Gasteiger partial charge in [0.15, 0.2) is 0 Å². The lowest BCUT2D eigenvalue weighted by Gasteiger charge is -2.09. The molecule has 0 aliphatic rings. The Labute approximate surface area is 96.2 Å². The number of hydrogen-bond acceptors (Lipinski definition) is 3. The van der Waals surface area contributed by atoms with E-state index in [9.17, 15) is 0 Å².